The lowest BCUT2D eigenvalue weighted by molar-refractivity contribution is -0.115. The van der Waals surface area contributed by atoms with Crippen LogP contribution in [-0.2, 0) is 4.79 Å². The van der Waals surface area contributed by atoms with Crippen LogP contribution in [0.2, 0.25) is 0 Å². The SMILES string of the molecule is COc1ccc(/C=C2\SC(=Nc3nc4ccccc4s3)NC2=O)c(OC)c1. The van der Waals surface area contributed by atoms with E-state index in [1.54, 1.807) is 26.4 Å². The van der Waals surface area contributed by atoms with Gasteiger partial charge in [-0.1, -0.05) is 23.5 Å². The fraction of sp³-hybridized carbons (Fsp3) is 0.105. The van der Waals surface area contributed by atoms with Crippen molar-refractivity contribution in [1.82, 2.24) is 10.3 Å². The van der Waals surface area contributed by atoms with Gasteiger partial charge in [-0.05, 0) is 42.1 Å². The maximum Gasteiger partial charge on any atom is 0.264 e. The van der Waals surface area contributed by atoms with Gasteiger partial charge in [-0.2, -0.15) is 4.99 Å². The number of carbonyl (C=O) groups is 1. The van der Waals surface area contributed by atoms with Crippen molar-refractivity contribution in [2.24, 2.45) is 4.99 Å². The first kappa shape index (κ1) is 17.6. The van der Waals surface area contributed by atoms with Crippen LogP contribution in [0.3, 0.4) is 0 Å². The molecule has 6 nitrogen and oxygen atoms in total. The number of para-hydroxylation sites is 1. The van der Waals surface area contributed by atoms with Gasteiger partial charge in [-0.3, -0.25) is 4.79 Å². The Morgan fingerprint density at radius 1 is 1.15 bits per heavy atom. The van der Waals surface area contributed by atoms with Crippen LogP contribution in [0.4, 0.5) is 5.13 Å². The molecule has 0 bridgehead atoms. The number of amides is 1. The summed E-state index contributed by atoms with van der Waals surface area (Å²) in [5, 5.41) is 3.91. The summed E-state index contributed by atoms with van der Waals surface area (Å²) in [6.45, 7) is 0. The van der Waals surface area contributed by atoms with E-state index in [4.69, 9.17) is 9.47 Å². The standard InChI is InChI=1S/C19H15N3O3S2/c1-24-12-8-7-11(14(10-12)25-2)9-16-17(23)21-19(27-16)22-18-20-13-5-3-4-6-15(13)26-18/h3-10H,1-2H3,(H,20,21,22,23)/b16-9-. The number of nitrogens with one attached hydrogen (secondary N) is 1. The second-order valence-corrected chi connectivity index (χ2v) is 7.59. The van der Waals surface area contributed by atoms with Crippen molar-refractivity contribution >= 4 is 55.6 Å². The molecular formula is C19H15N3O3S2. The number of thioether (sulfide) groups is 1. The molecule has 1 amide bonds. The van der Waals surface area contributed by atoms with Gasteiger partial charge in [-0.15, -0.1) is 0 Å². The molecule has 136 valence electrons. The molecule has 1 saturated heterocycles. The smallest absolute Gasteiger partial charge is 0.264 e. The van der Waals surface area contributed by atoms with E-state index in [-0.39, 0.29) is 5.91 Å². The Kier molecular flexibility index (Phi) is 4.83. The van der Waals surface area contributed by atoms with Gasteiger partial charge in [0.25, 0.3) is 5.91 Å². The number of nitrogens with zero attached hydrogens (tertiary/aromatic N) is 2. The summed E-state index contributed by atoms with van der Waals surface area (Å²) >= 11 is 2.76. The van der Waals surface area contributed by atoms with E-state index in [0.29, 0.717) is 26.7 Å². The molecule has 1 aromatic heterocycles. The van der Waals surface area contributed by atoms with Crippen molar-refractivity contribution in [2.75, 3.05) is 14.2 Å². The molecule has 8 heteroatoms. The van der Waals surface area contributed by atoms with E-state index >= 15 is 0 Å². The van der Waals surface area contributed by atoms with Gasteiger partial charge in [-0.25, -0.2) is 4.98 Å². The van der Waals surface area contributed by atoms with Gasteiger partial charge in [0.2, 0.25) is 5.13 Å². The molecule has 3 aromatic rings. The van der Waals surface area contributed by atoms with Crippen molar-refractivity contribution in [2.45, 2.75) is 0 Å². The van der Waals surface area contributed by atoms with Crippen LogP contribution in [0.25, 0.3) is 16.3 Å². The van der Waals surface area contributed by atoms with E-state index in [9.17, 15) is 4.79 Å². The number of rotatable bonds is 4. The molecule has 0 aliphatic carbocycles. The maximum absolute atomic E-state index is 12.3. The van der Waals surface area contributed by atoms with Gasteiger partial charge in [0.05, 0.1) is 29.3 Å². The van der Waals surface area contributed by atoms with Crippen molar-refractivity contribution in [3.8, 4) is 11.5 Å². The number of ether oxygens (including phenoxy) is 2. The third-order valence-corrected chi connectivity index (χ3v) is 5.70. The topological polar surface area (TPSA) is 72.8 Å². The monoisotopic (exact) mass is 397 g/mol. The van der Waals surface area contributed by atoms with E-state index in [1.165, 1.54) is 23.1 Å². The Morgan fingerprint density at radius 2 is 2.00 bits per heavy atom. The average Bonchev–Trinajstić information content (AvgIpc) is 3.24. The van der Waals surface area contributed by atoms with Crippen LogP contribution >= 0.6 is 23.1 Å². The highest BCUT2D eigenvalue weighted by Gasteiger charge is 2.24. The lowest BCUT2D eigenvalue weighted by atomic mass is 10.1. The third kappa shape index (κ3) is 3.67. The lowest BCUT2D eigenvalue weighted by Gasteiger charge is -2.07. The molecule has 1 N–H and O–H groups in total. The zero-order valence-corrected chi connectivity index (χ0v) is 16.2. The van der Waals surface area contributed by atoms with Crippen LogP contribution in [0, 0.1) is 0 Å². The maximum atomic E-state index is 12.3. The molecule has 0 saturated carbocycles. The van der Waals surface area contributed by atoms with Gasteiger partial charge in [0.1, 0.15) is 11.5 Å². The van der Waals surface area contributed by atoms with E-state index in [1.807, 2.05) is 36.4 Å². The summed E-state index contributed by atoms with van der Waals surface area (Å²) in [6, 6.07) is 13.3. The first-order valence-corrected chi connectivity index (χ1v) is 9.67. The molecule has 0 atom stereocenters. The van der Waals surface area contributed by atoms with Gasteiger partial charge in [0.15, 0.2) is 5.17 Å². The van der Waals surface area contributed by atoms with Gasteiger partial charge < -0.3 is 14.8 Å². The number of aromatic nitrogens is 1. The number of carbonyl (C=O) groups excluding carboxylic acids is 1. The molecule has 0 unspecified atom stereocenters. The normalized spacial score (nSPS) is 16.9. The summed E-state index contributed by atoms with van der Waals surface area (Å²) in [5.41, 5.74) is 1.69. The number of thiazole rings is 1. The van der Waals surface area contributed by atoms with E-state index in [0.717, 1.165) is 15.8 Å². The zero-order valence-electron chi connectivity index (χ0n) is 14.6. The number of fused-ring (bicyclic) bond motifs is 1. The summed E-state index contributed by atoms with van der Waals surface area (Å²) < 4.78 is 11.6. The number of methoxy groups -OCH3 is 2. The fourth-order valence-corrected chi connectivity index (χ4v) is 4.27. The van der Waals surface area contributed by atoms with Crippen LogP contribution in [0.5, 0.6) is 11.5 Å². The molecular weight excluding hydrogens is 382 g/mol. The number of amidine groups is 1. The summed E-state index contributed by atoms with van der Waals surface area (Å²) in [4.78, 5) is 21.8. The van der Waals surface area contributed by atoms with Crippen molar-refractivity contribution < 1.29 is 14.3 Å². The Bertz CT molecular complexity index is 1060. The summed E-state index contributed by atoms with van der Waals surface area (Å²) in [6.07, 6.45) is 1.78. The summed E-state index contributed by atoms with van der Waals surface area (Å²) in [7, 11) is 3.18. The Morgan fingerprint density at radius 3 is 2.78 bits per heavy atom. The highest BCUT2D eigenvalue weighted by atomic mass is 32.2. The number of hydrogen-bond donors (Lipinski definition) is 1. The zero-order chi connectivity index (χ0) is 18.8. The minimum absolute atomic E-state index is 0.197. The first-order chi connectivity index (χ1) is 13.2. The predicted octanol–water partition coefficient (Wildman–Crippen LogP) is 4.21. The fourth-order valence-electron chi connectivity index (χ4n) is 2.55. The van der Waals surface area contributed by atoms with Crippen LogP contribution in [-0.4, -0.2) is 30.3 Å². The third-order valence-electron chi connectivity index (χ3n) is 3.86. The molecule has 4 rings (SSSR count). The average molecular weight is 397 g/mol. The van der Waals surface area contributed by atoms with Crippen molar-refractivity contribution in [3.05, 3.63) is 52.9 Å². The molecule has 1 aliphatic heterocycles. The van der Waals surface area contributed by atoms with Crippen molar-refractivity contribution in [3.63, 3.8) is 0 Å². The molecule has 1 fully saturated rings. The molecule has 0 spiro atoms. The Balaban J connectivity index is 1.61. The Labute approximate surface area is 163 Å². The second kappa shape index (κ2) is 7.42. The molecule has 0 radical (unpaired) electrons. The quantitative estimate of drug-likeness (QED) is 0.668. The molecule has 27 heavy (non-hydrogen) atoms. The number of benzene rings is 2. The Hall–Kier alpha value is -2.84. The second-order valence-electron chi connectivity index (χ2n) is 5.55. The van der Waals surface area contributed by atoms with Crippen LogP contribution in [0.1, 0.15) is 5.56 Å². The van der Waals surface area contributed by atoms with Gasteiger partial charge >= 0.3 is 0 Å². The predicted molar refractivity (Wildman–Crippen MR) is 110 cm³/mol. The summed E-state index contributed by atoms with van der Waals surface area (Å²) in [5.74, 6) is 1.13. The van der Waals surface area contributed by atoms with Gasteiger partial charge in [0, 0.05) is 11.6 Å². The highest BCUT2D eigenvalue weighted by Crippen LogP contribution is 2.34. The minimum atomic E-state index is -0.197. The molecule has 2 heterocycles. The minimum Gasteiger partial charge on any atom is -0.497 e. The number of hydrogen-bond acceptors (Lipinski definition) is 7. The largest absolute Gasteiger partial charge is 0.497 e. The van der Waals surface area contributed by atoms with Crippen LogP contribution < -0.4 is 14.8 Å². The van der Waals surface area contributed by atoms with E-state index in [2.05, 4.69) is 15.3 Å². The van der Waals surface area contributed by atoms with Crippen molar-refractivity contribution in [1.29, 1.82) is 0 Å². The van der Waals surface area contributed by atoms with Crippen LogP contribution in [0.15, 0.2) is 52.4 Å². The lowest BCUT2D eigenvalue weighted by Crippen LogP contribution is -2.19. The number of aliphatic imine (C=N–C) groups is 1. The molecule has 2 aromatic carbocycles. The first-order valence-electron chi connectivity index (χ1n) is 8.03. The van der Waals surface area contributed by atoms with E-state index < -0.39 is 0 Å². The molecule has 1 aliphatic rings. The highest BCUT2D eigenvalue weighted by molar-refractivity contribution is 8.18.